The van der Waals surface area contributed by atoms with E-state index in [-0.39, 0.29) is 18.2 Å². The Balaban J connectivity index is 2.22. The number of amides is 2. The summed E-state index contributed by atoms with van der Waals surface area (Å²) < 4.78 is 0. The van der Waals surface area contributed by atoms with Gasteiger partial charge < -0.3 is 0 Å². The van der Waals surface area contributed by atoms with Gasteiger partial charge in [-0.2, -0.15) is 0 Å². The third-order valence-corrected chi connectivity index (χ3v) is 2.40. The molecule has 1 aromatic rings. The van der Waals surface area contributed by atoms with Crippen LogP contribution in [0.25, 0.3) is 0 Å². The Bertz CT molecular complexity index is 398. The van der Waals surface area contributed by atoms with Crippen molar-refractivity contribution in [3.63, 3.8) is 0 Å². The van der Waals surface area contributed by atoms with Crippen LogP contribution in [0.15, 0.2) is 24.3 Å². The second kappa shape index (κ2) is 3.73. The van der Waals surface area contributed by atoms with Crippen molar-refractivity contribution >= 4 is 17.5 Å². The fraction of sp³-hybridized carbons (Fsp3) is 0.273. The van der Waals surface area contributed by atoms with Gasteiger partial charge in [0.2, 0.25) is 5.91 Å². The molecule has 78 valence electrons. The number of nitrogens with one attached hydrogen (secondary N) is 1. The molecule has 1 aliphatic heterocycles. The standard InChI is InChI=1S/C11H12N2O2/c1-2-8-3-5-9(6-4-8)13-11(15)7-10(14)12-13/h3-6H,2,7H2,1H3,(H,12,14). The van der Waals surface area contributed by atoms with Crippen molar-refractivity contribution in [2.24, 2.45) is 0 Å². The van der Waals surface area contributed by atoms with E-state index in [1.807, 2.05) is 24.3 Å². The Hall–Kier alpha value is -1.84. The molecule has 1 heterocycles. The molecule has 0 radical (unpaired) electrons. The summed E-state index contributed by atoms with van der Waals surface area (Å²) in [6, 6.07) is 7.57. The van der Waals surface area contributed by atoms with Crippen LogP contribution in [0.4, 0.5) is 5.69 Å². The highest BCUT2D eigenvalue weighted by atomic mass is 16.2. The molecule has 1 saturated heterocycles. The quantitative estimate of drug-likeness (QED) is 0.731. The Morgan fingerprint density at radius 2 is 1.93 bits per heavy atom. The number of hydrazine groups is 1. The Morgan fingerprint density at radius 1 is 1.27 bits per heavy atom. The molecule has 15 heavy (non-hydrogen) atoms. The molecule has 0 saturated carbocycles. The molecule has 0 spiro atoms. The van der Waals surface area contributed by atoms with E-state index in [2.05, 4.69) is 12.3 Å². The highest BCUT2D eigenvalue weighted by Crippen LogP contribution is 2.17. The van der Waals surface area contributed by atoms with Gasteiger partial charge in [-0.1, -0.05) is 19.1 Å². The molecule has 0 unspecified atom stereocenters. The lowest BCUT2D eigenvalue weighted by Gasteiger charge is -2.15. The number of aryl methyl sites for hydroxylation is 1. The molecule has 0 aliphatic carbocycles. The summed E-state index contributed by atoms with van der Waals surface area (Å²) in [5, 5.41) is 1.29. The molecule has 2 amide bonds. The van der Waals surface area contributed by atoms with Gasteiger partial charge in [-0.15, -0.1) is 0 Å². The van der Waals surface area contributed by atoms with Crippen molar-refractivity contribution in [3.05, 3.63) is 29.8 Å². The zero-order valence-electron chi connectivity index (χ0n) is 8.49. The van der Waals surface area contributed by atoms with Crippen LogP contribution in [0.2, 0.25) is 0 Å². The van der Waals surface area contributed by atoms with Crippen LogP contribution in [-0.2, 0) is 16.0 Å². The highest BCUT2D eigenvalue weighted by Gasteiger charge is 2.27. The number of rotatable bonds is 2. The summed E-state index contributed by atoms with van der Waals surface area (Å²) in [4.78, 5) is 22.4. The molecule has 4 nitrogen and oxygen atoms in total. The smallest absolute Gasteiger partial charge is 0.255 e. The number of hydrogen-bond acceptors (Lipinski definition) is 2. The van der Waals surface area contributed by atoms with Gasteiger partial charge in [-0.05, 0) is 24.1 Å². The van der Waals surface area contributed by atoms with E-state index in [9.17, 15) is 9.59 Å². The van der Waals surface area contributed by atoms with Gasteiger partial charge in [0.25, 0.3) is 5.91 Å². The van der Waals surface area contributed by atoms with Gasteiger partial charge in [-0.25, -0.2) is 5.01 Å². The van der Waals surface area contributed by atoms with Gasteiger partial charge in [0.05, 0.1) is 5.69 Å². The summed E-state index contributed by atoms with van der Waals surface area (Å²) in [6.45, 7) is 2.07. The summed E-state index contributed by atoms with van der Waals surface area (Å²) >= 11 is 0. The SMILES string of the molecule is CCc1ccc(N2NC(=O)CC2=O)cc1. The largest absolute Gasteiger partial charge is 0.273 e. The normalized spacial score (nSPS) is 15.7. The lowest BCUT2D eigenvalue weighted by molar-refractivity contribution is -0.122. The van der Waals surface area contributed by atoms with Crippen molar-refractivity contribution < 1.29 is 9.59 Å². The molecule has 0 atom stereocenters. The van der Waals surface area contributed by atoms with E-state index in [1.54, 1.807) is 0 Å². The van der Waals surface area contributed by atoms with Crippen LogP contribution in [0, 0.1) is 0 Å². The first-order valence-electron chi connectivity index (χ1n) is 4.92. The van der Waals surface area contributed by atoms with Crippen LogP contribution in [0.5, 0.6) is 0 Å². The minimum atomic E-state index is -0.250. The topological polar surface area (TPSA) is 49.4 Å². The van der Waals surface area contributed by atoms with Crippen molar-refractivity contribution in [3.8, 4) is 0 Å². The van der Waals surface area contributed by atoms with Gasteiger partial charge in [-0.3, -0.25) is 15.0 Å². The Labute approximate surface area is 87.9 Å². The number of carbonyl (C=O) groups excluding carboxylic acids is 2. The summed E-state index contributed by atoms with van der Waals surface area (Å²) in [6.07, 6.45) is 0.899. The molecule has 0 bridgehead atoms. The minimum absolute atomic E-state index is 0.0600. The van der Waals surface area contributed by atoms with E-state index >= 15 is 0 Å². The van der Waals surface area contributed by atoms with Crippen molar-refractivity contribution in [1.29, 1.82) is 0 Å². The molecule has 1 aliphatic rings. The average molecular weight is 204 g/mol. The van der Waals surface area contributed by atoms with Gasteiger partial charge >= 0.3 is 0 Å². The second-order valence-electron chi connectivity index (χ2n) is 3.46. The van der Waals surface area contributed by atoms with E-state index in [0.29, 0.717) is 5.69 Å². The molecule has 2 rings (SSSR count). The summed E-state index contributed by atoms with van der Waals surface area (Å²) in [7, 11) is 0. The van der Waals surface area contributed by atoms with Gasteiger partial charge in [0, 0.05) is 0 Å². The first kappa shape index (κ1) is 9.71. The van der Waals surface area contributed by atoms with Crippen LogP contribution in [0.1, 0.15) is 18.9 Å². The zero-order chi connectivity index (χ0) is 10.8. The monoisotopic (exact) mass is 204 g/mol. The Morgan fingerprint density at radius 3 is 2.40 bits per heavy atom. The molecule has 1 fully saturated rings. The molecular weight excluding hydrogens is 192 g/mol. The summed E-state index contributed by atoms with van der Waals surface area (Å²) in [5.74, 6) is -0.455. The maximum absolute atomic E-state index is 11.4. The van der Waals surface area contributed by atoms with Crippen molar-refractivity contribution in [2.75, 3.05) is 5.01 Å². The van der Waals surface area contributed by atoms with Gasteiger partial charge in [0.15, 0.2) is 0 Å². The minimum Gasteiger partial charge on any atom is -0.273 e. The lowest BCUT2D eigenvalue weighted by atomic mass is 10.1. The van der Waals surface area contributed by atoms with Crippen LogP contribution < -0.4 is 10.4 Å². The van der Waals surface area contributed by atoms with Crippen LogP contribution in [-0.4, -0.2) is 11.8 Å². The lowest BCUT2D eigenvalue weighted by Crippen LogP contribution is -2.35. The molecule has 1 aromatic carbocycles. The highest BCUT2D eigenvalue weighted by molar-refractivity contribution is 6.11. The number of anilines is 1. The summed E-state index contributed by atoms with van der Waals surface area (Å²) in [5.41, 5.74) is 4.42. The molecule has 0 aromatic heterocycles. The first-order valence-corrected chi connectivity index (χ1v) is 4.92. The predicted molar refractivity (Wildman–Crippen MR) is 56.1 cm³/mol. The number of benzene rings is 1. The third-order valence-electron chi connectivity index (χ3n) is 2.40. The number of hydrogen-bond donors (Lipinski definition) is 1. The maximum Gasteiger partial charge on any atom is 0.255 e. The van der Waals surface area contributed by atoms with E-state index in [1.165, 1.54) is 10.6 Å². The predicted octanol–water partition coefficient (Wildman–Crippen LogP) is 1.02. The van der Waals surface area contributed by atoms with E-state index in [4.69, 9.17) is 0 Å². The van der Waals surface area contributed by atoms with Crippen LogP contribution in [0.3, 0.4) is 0 Å². The zero-order valence-corrected chi connectivity index (χ0v) is 8.49. The maximum atomic E-state index is 11.4. The average Bonchev–Trinajstić information content (AvgIpc) is 2.58. The molecular formula is C11H12N2O2. The molecule has 1 N–H and O–H groups in total. The van der Waals surface area contributed by atoms with E-state index in [0.717, 1.165) is 6.42 Å². The van der Waals surface area contributed by atoms with Crippen LogP contribution >= 0.6 is 0 Å². The van der Waals surface area contributed by atoms with Crippen molar-refractivity contribution in [2.45, 2.75) is 19.8 Å². The van der Waals surface area contributed by atoms with E-state index < -0.39 is 0 Å². The fourth-order valence-electron chi connectivity index (χ4n) is 1.53. The van der Waals surface area contributed by atoms with Gasteiger partial charge in [0.1, 0.15) is 6.42 Å². The third kappa shape index (κ3) is 1.83. The Kier molecular flexibility index (Phi) is 2.41. The fourth-order valence-corrected chi connectivity index (χ4v) is 1.53. The first-order chi connectivity index (χ1) is 7.20. The number of carbonyl (C=O) groups is 2. The second-order valence-corrected chi connectivity index (χ2v) is 3.46. The molecule has 4 heteroatoms. The van der Waals surface area contributed by atoms with Crippen molar-refractivity contribution in [1.82, 2.24) is 5.43 Å². The number of nitrogens with zero attached hydrogens (tertiary/aromatic N) is 1.